The van der Waals surface area contributed by atoms with Gasteiger partial charge >= 0.3 is 0 Å². The zero-order chi connectivity index (χ0) is 24.8. The number of carbonyl (C=O) groups excluding carboxylic acids is 1. The molecule has 4 heterocycles. The van der Waals surface area contributed by atoms with Crippen LogP contribution in [0, 0.1) is 18.8 Å². The maximum absolute atomic E-state index is 12.8. The number of anilines is 1. The molecular formula is C24H25ClN10O. The number of aromatic nitrogens is 7. The van der Waals surface area contributed by atoms with E-state index in [0.717, 1.165) is 41.4 Å². The van der Waals surface area contributed by atoms with Crippen molar-refractivity contribution in [2.75, 3.05) is 18.0 Å². The Labute approximate surface area is 212 Å². The van der Waals surface area contributed by atoms with Crippen molar-refractivity contribution in [2.24, 2.45) is 17.6 Å². The summed E-state index contributed by atoms with van der Waals surface area (Å²) in [7, 11) is 0. The summed E-state index contributed by atoms with van der Waals surface area (Å²) < 4.78 is 3.27. The van der Waals surface area contributed by atoms with Crippen molar-refractivity contribution in [1.82, 2.24) is 40.3 Å². The number of piperidine rings is 1. The lowest BCUT2D eigenvalue weighted by Crippen LogP contribution is -2.28. The minimum Gasteiger partial charge on any atom is -0.356 e. The molecule has 0 bridgehead atoms. The van der Waals surface area contributed by atoms with Crippen LogP contribution in [0.15, 0.2) is 49.1 Å². The second-order valence-corrected chi connectivity index (χ2v) is 9.80. The molecule has 3 atom stereocenters. The fraction of sp³-hybridized carbons (Fsp3) is 0.333. The lowest BCUT2D eigenvalue weighted by molar-refractivity contribution is 0.0951. The molecule has 3 aromatic heterocycles. The van der Waals surface area contributed by atoms with E-state index in [1.165, 1.54) is 11.0 Å². The molecule has 4 aromatic rings. The van der Waals surface area contributed by atoms with Crippen molar-refractivity contribution in [3.63, 3.8) is 0 Å². The molecule has 1 aromatic carbocycles. The highest BCUT2D eigenvalue weighted by Gasteiger charge is 2.53. The summed E-state index contributed by atoms with van der Waals surface area (Å²) >= 11 is 6.16. The number of hydrogen-bond acceptors (Lipinski definition) is 8. The first kappa shape index (κ1) is 22.6. The maximum Gasteiger partial charge on any atom is 0.254 e. The SMILES string of the molecule is Cc1nc(N2C[C@@H]3[C@@H](N)[C@@H]3C2)ccc1Cn1cc(C(=O)NCc2cc(Cl)ccc2-n2cnnn2)cn1. The van der Waals surface area contributed by atoms with E-state index in [0.29, 0.717) is 35.0 Å². The van der Waals surface area contributed by atoms with E-state index in [1.807, 2.05) is 6.92 Å². The molecule has 1 saturated carbocycles. The van der Waals surface area contributed by atoms with Crippen LogP contribution in [0.3, 0.4) is 0 Å². The van der Waals surface area contributed by atoms with Gasteiger partial charge in [-0.15, -0.1) is 5.10 Å². The summed E-state index contributed by atoms with van der Waals surface area (Å²) in [6.45, 7) is 4.77. The predicted octanol–water partition coefficient (Wildman–Crippen LogP) is 1.59. The quantitative estimate of drug-likeness (QED) is 0.387. The van der Waals surface area contributed by atoms with Crippen LogP contribution in [0.25, 0.3) is 5.69 Å². The van der Waals surface area contributed by atoms with Crippen LogP contribution in [0.1, 0.15) is 27.2 Å². The van der Waals surface area contributed by atoms with Gasteiger partial charge in [0.25, 0.3) is 5.91 Å². The molecule has 6 rings (SSSR count). The molecule has 12 heteroatoms. The highest BCUT2D eigenvalue weighted by molar-refractivity contribution is 6.30. The van der Waals surface area contributed by atoms with E-state index in [9.17, 15) is 4.79 Å². The molecule has 184 valence electrons. The molecule has 11 nitrogen and oxygen atoms in total. The molecule has 0 radical (unpaired) electrons. The van der Waals surface area contributed by atoms with E-state index in [2.05, 4.69) is 43.0 Å². The maximum atomic E-state index is 12.8. The highest BCUT2D eigenvalue weighted by Crippen LogP contribution is 2.44. The Kier molecular flexibility index (Phi) is 5.65. The van der Waals surface area contributed by atoms with Crippen molar-refractivity contribution >= 4 is 23.3 Å². The van der Waals surface area contributed by atoms with Gasteiger partial charge < -0.3 is 16.0 Å². The molecule has 1 aliphatic carbocycles. The Morgan fingerprint density at radius 3 is 2.78 bits per heavy atom. The molecule has 3 N–H and O–H groups in total. The average Bonchev–Trinajstić information content (AvgIpc) is 3.44. The normalized spacial score (nSPS) is 20.4. The number of benzene rings is 1. The first-order valence-corrected chi connectivity index (χ1v) is 12.1. The molecule has 1 aliphatic heterocycles. The van der Waals surface area contributed by atoms with Gasteiger partial charge in [0.1, 0.15) is 12.1 Å². The standard InChI is InChI=1S/C24H25ClN10O/c1-14-15(2-5-22(30-14)33-11-19-20(12-33)23(19)26)9-34-10-17(8-29-34)24(36)27-7-16-6-18(25)3-4-21(16)35-13-28-31-32-35/h2-6,8,10,13,19-20,23H,7,9,11-12,26H2,1H3,(H,27,36)/t19-,20+,23+. The summed E-state index contributed by atoms with van der Waals surface area (Å²) in [5.74, 6) is 1.99. The number of rotatable bonds is 7. The van der Waals surface area contributed by atoms with Crippen LogP contribution < -0.4 is 16.0 Å². The summed E-state index contributed by atoms with van der Waals surface area (Å²) in [6, 6.07) is 9.85. The minimum absolute atomic E-state index is 0.236. The average molecular weight is 505 g/mol. The number of hydrogen-bond donors (Lipinski definition) is 2. The Bertz CT molecular complexity index is 1410. The number of nitrogens with one attached hydrogen (secondary N) is 1. The molecule has 36 heavy (non-hydrogen) atoms. The Balaban J connectivity index is 1.09. The summed E-state index contributed by atoms with van der Waals surface area (Å²) in [6.07, 6.45) is 4.79. The Hall–Kier alpha value is -3.83. The number of amides is 1. The third-order valence-corrected chi connectivity index (χ3v) is 7.30. The predicted molar refractivity (Wildman–Crippen MR) is 133 cm³/mol. The molecule has 0 spiro atoms. The van der Waals surface area contributed by atoms with Gasteiger partial charge in [0.05, 0.1) is 24.0 Å². The van der Waals surface area contributed by atoms with Crippen molar-refractivity contribution < 1.29 is 4.79 Å². The van der Waals surface area contributed by atoms with Crippen molar-refractivity contribution in [2.45, 2.75) is 26.1 Å². The van der Waals surface area contributed by atoms with E-state index >= 15 is 0 Å². The number of pyridine rings is 1. The second kappa shape index (κ2) is 8.99. The molecule has 2 fully saturated rings. The van der Waals surface area contributed by atoms with Crippen molar-refractivity contribution in [3.05, 3.63) is 76.5 Å². The number of halogens is 1. The molecule has 1 saturated heterocycles. The number of carbonyl (C=O) groups is 1. The number of nitrogens with zero attached hydrogens (tertiary/aromatic N) is 8. The van der Waals surface area contributed by atoms with Gasteiger partial charge in [0, 0.05) is 42.6 Å². The fourth-order valence-electron chi connectivity index (χ4n) is 4.89. The summed E-state index contributed by atoms with van der Waals surface area (Å²) in [5, 5.41) is 19.1. The zero-order valence-corrected chi connectivity index (χ0v) is 20.4. The van der Waals surface area contributed by atoms with Gasteiger partial charge in [-0.25, -0.2) is 9.67 Å². The topological polar surface area (TPSA) is 133 Å². The first-order chi connectivity index (χ1) is 17.5. The molecule has 2 aliphatic rings. The number of nitrogens with two attached hydrogens (primary N) is 1. The van der Waals surface area contributed by atoms with Crippen LogP contribution in [0.4, 0.5) is 5.82 Å². The molecule has 1 amide bonds. The van der Waals surface area contributed by atoms with Gasteiger partial charge in [-0.1, -0.05) is 17.7 Å². The number of fused-ring (bicyclic) bond motifs is 1. The largest absolute Gasteiger partial charge is 0.356 e. The van der Waals surface area contributed by atoms with Crippen molar-refractivity contribution in [1.29, 1.82) is 0 Å². The van der Waals surface area contributed by atoms with E-state index in [-0.39, 0.29) is 12.5 Å². The van der Waals surface area contributed by atoms with Gasteiger partial charge in [0.2, 0.25) is 0 Å². The van der Waals surface area contributed by atoms with E-state index in [1.54, 1.807) is 35.3 Å². The lowest BCUT2D eigenvalue weighted by atomic mass is 10.1. The lowest BCUT2D eigenvalue weighted by Gasteiger charge is -2.21. The highest BCUT2D eigenvalue weighted by atomic mass is 35.5. The monoisotopic (exact) mass is 504 g/mol. The third-order valence-electron chi connectivity index (χ3n) is 7.07. The number of aryl methyl sites for hydroxylation is 1. The Morgan fingerprint density at radius 2 is 2.03 bits per heavy atom. The Morgan fingerprint density at radius 1 is 1.19 bits per heavy atom. The zero-order valence-electron chi connectivity index (χ0n) is 19.6. The smallest absolute Gasteiger partial charge is 0.254 e. The third kappa shape index (κ3) is 4.31. The number of tetrazole rings is 1. The fourth-order valence-corrected chi connectivity index (χ4v) is 5.08. The summed E-state index contributed by atoms with van der Waals surface area (Å²) in [4.78, 5) is 19.9. The van der Waals surface area contributed by atoms with Gasteiger partial charge in [-0.2, -0.15) is 5.10 Å². The van der Waals surface area contributed by atoms with Crippen LogP contribution in [0.2, 0.25) is 5.02 Å². The van der Waals surface area contributed by atoms with Crippen LogP contribution in [-0.4, -0.2) is 60.0 Å². The molecule has 0 unspecified atom stereocenters. The minimum atomic E-state index is -0.236. The van der Waals surface area contributed by atoms with Crippen molar-refractivity contribution in [3.8, 4) is 5.69 Å². The van der Waals surface area contributed by atoms with Crippen LogP contribution in [0.5, 0.6) is 0 Å². The van der Waals surface area contributed by atoms with Gasteiger partial charge in [-0.3, -0.25) is 9.48 Å². The van der Waals surface area contributed by atoms with Crippen LogP contribution >= 0.6 is 11.6 Å². The first-order valence-electron chi connectivity index (χ1n) is 11.8. The van der Waals surface area contributed by atoms with Gasteiger partial charge in [-0.05, 0) is 64.6 Å². The van der Waals surface area contributed by atoms with E-state index < -0.39 is 0 Å². The summed E-state index contributed by atoms with van der Waals surface area (Å²) in [5.41, 5.74) is 10.1. The van der Waals surface area contributed by atoms with Crippen LogP contribution in [-0.2, 0) is 13.1 Å². The van der Waals surface area contributed by atoms with E-state index in [4.69, 9.17) is 22.3 Å². The molecular weight excluding hydrogens is 480 g/mol. The second-order valence-electron chi connectivity index (χ2n) is 9.36. The van der Waals surface area contributed by atoms with Gasteiger partial charge in [0.15, 0.2) is 0 Å².